The number of carbonyl (C=O) groups excluding carboxylic acids is 2. The molecule has 1 aromatic rings. The molecule has 2 rings (SSSR count). The van der Waals surface area contributed by atoms with Crippen LogP contribution in [-0.4, -0.2) is 47.3 Å². The number of aliphatic hydroxyl groups is 1. The maximum absolute atomic E-state index is 12.0. The Balaban J connectivity index is 2.22. The molecular formula is C12H13N3O5. The van der Waals surface area contributed by atoms with Gasteiger partial charge in [-0.2, -0.15) is 0 Å². The summed E-state index contributed by atoms with van der Waals surface area (Å²) < 4.78 is 0. The number of anilines is 2. The first kappa shape index (κ1) is 13.8. The van der Waals surface area contributed by atoms with E-state index in [0.717, 1.165) is 4.90 Å². The average molecular weight is 279 g/mol. The number of hydrogen-bond donors (Lipinski definition) is 4. The molecule has 1 atom stereocenters. The minimum atomic E-state index is -1.42. The zero-order chi connectivity index (χ0) is 14.7. The first-order valence-corrected chi connectivity index (χ1v) is 5.83. The van der Waals surface area contributed by atoms with Gasteiger partial charge in [0.1, 0.15) is 6.54 Å². The lowest BCUT2D eigenvalue weighted by Crippen LogP contribution is -2.52. The standard InChI is InChI=1S/C12H13N3O5/c16-6-8(11(18)19)14-12(20)15-5-10(17)13-7-3-1-2-4-9(7)15/h1-4,8,16H,5-6H2,(H,13,17)(H,14,20)(H,18,19). The number of nitrogens with zero attached hydrogens (tertiary/aromatic N) is 1. The van der Waals surface area contributed by atoms with E-state index in [4.69, 9.17) is 10.2 Å². The van der Waals surface area contributed by atoms with E-state index in [1.165, 1.54) is 0 Å². The molecule has 0 aromatic heterocycles. The summed E-state index contributed by atoms with van der Waals surface area (Å²) in [4.78, 5) is 35.5. The summed E-state index contributed by atoms with van der Waals surface area (Å²) in [5, 5.41) is 22.5. The monoisotopic (exact) mass is 279 g/mol. The summed E-state index contributed by atoms with van der Waals surface area (Å²) in [6, 6.07) is 4.48. The van der Waals surface area contributed by atoms with Crippen LogP contribution in [0.5, 0.6) is 0 Å². The molecule has 0 spiro atoms. The van der Waals surface area contributed by atoms with Gasteiger partial charge in [-0.15, -0.1) is 0 Å². The van der Waals surface area contributed by atoms with E-state index in [0.29, 0.717) is 11.4 Å². The molecule has 4 N–H and O–H groups in total. The zero-order valence-corrected chi connectivity index (χ0v) is 10.4. The van der Waals surface area contributed by atoms with E-state index in [-0.39, 0.29) is 12.5 Å². The molecule has 1 heterocycles. The molecule has 106 valence electrons. The molecular weight excluding hydrogens is 266 g/mol. The Hall–Kier alpha value is -2.61. The van der Waals surface area contributed by atoms with Crippen molar-refractivity contribution in [3.8, 4) is 0 Å². The quantitative estimate of drug-likeness (QED) is 0.600. The lowest BCUT2D eigenvalue weighted by Gasteiger charge is -2.29. The van der Waals surface area contributed by atoms with Gasteiger partial charge in [0.05, 0.1) is 18.0 Å². The maximum Gasteiger partial charge on any atom is 0.328 e. The Kier molecular flexibility index (Phi) is 3.85. The van der Waals surface area contributed by atoms with Gasteiger partial charge in [0, 0.05) is 0 Å². The first-order chi connectivity index (χ1) is 9.52. The van der Waals surface area contributed by atoms with Crippen LogP contribution in [0.2, 0.25) is 0 Å². The molecule has 0 saturated carbocycles. The summed E-state index contributed by atoms with van der Waals surface area (Å²) in [6.07, 6.45) is 0. The predicted octanol–water partition coefficient (Wildman–Crippen LogP) is -0.400. The lowest BCUT2D eigenvalue weighted by atomic mass is 10.2. The highest BCUT2D eigenvalue weighted by Gasteiger charge is 2.29. The van der Waals surface area contributed by atoms with E-state index in [1.54, 1.807) is 24.3 Å². The predicted molar refractivity (Wildman–Crippen MR) is 69.5 cm³/mol. The van der Waals surface area contributed by atoms with Crippen LogP contribution in [0.25, 0.3) is 0 Å². The number of fused-ring (bicyclic) bond motifs is 1. The van der Waals surface area contributed by atoms with Crippen molar-refractivity contribution in [2.24, 2.45) is 0 Å². The Bertz CT molecular complexity index is 560. The molecule has 1 aliphatic heterocycles. The van der Waals surface area contributed by atoms with Crippen LogP contribution in [0.3, 0.4) is 0 Å². The smallest absolute Gasteiger partial charge is 0.328 e. The molecule has 3 amide bonds. The van der Waals surface area contributed by atoms with Crippen LogP contribution in [0.1, 0.15) is 0 Å². The molecule has 1 aliphatic rings. The van der Waals surface area contributed by atoms with Gasteiger partial charge in [0.25, 0.3) is 0 Å². The fourth-order valence-electron chi connectivity index (χ4n) is 1.83. The van der Waals surface area contributed by atoms with Crippen LogP contribution in [0.4, 0.5) is 16.2 Å². The second-order valence-corrected chi connectivity index (χ2v) is 4.17. The third-order valence-electron chi connectivity index (χ3n) is 2.79. The van der Waals surface area contributed by atoms with E-state index >= 15 is 0 Å². The van der Waals surface area contributed by atoms with E-state index in [2.05, 4.69) is 10.6 Å². The van der Waals surface area contributed by atoms with Crippen LogP contribution in [-0.2, 0) is 9.59 Å². The summed E-state index contributed by atoms with van der Waals surface area (Å²) in [5.41, 5.74) is 0.932. The molecule has 1 unspecified atom stereocenters. The second kappa shape index (κ2) is 5.57. The molecule has 0 radical (unpaired) electrons. The van der Waals surface area contributed by atoms with Gasteiger partial charge >= 0.3 is 12.0 Å². The Morgan fingerprint density at radius 3 is 2.75 bits per heavy atom. The second-order valence-electron chi connectivity index (χ2n) is 4.17. The number of benzene rings is 1. The maximum atomic E-state index is 12.0. The van der Waals surface area contributed by atoms with Gasteiger partial charge in [-0.3, -0.25) is 9.69 Å². The Labute approximate surface area is 114 Å². The highest BCUT2D eigenvalue weighted by Crippen LogP contribution is 2.28. The highest BCUT2D eigenvalue weighted by molar-refractivity contribution is 6.09. The molecule has 0 fully saturated rings. The first-order valence-electron chi connectivity index (χ1n) is 5.83. The Morgan fingerprint density at radius 1 is 1.40 bits per heavy atom. The van der Waals surface area contributed by atoms with E-state index in [9.17, 15) is 14.4 Å². The molecule has 1 aromatic carbocycles. The summed E-state index contributed by atoms with van der Waals surface area (Å²) in [5.74, 6) is -1.73. The molecule has 0 aliphatic carbocycles. The van der Waals surface area contributed by atoms with E-state index in [1.807, 2.05) is 0 Å². The zero-order valence-electron chi connectivity index (χ0n) is 10.4. The molecule has 20 heavy (non-hydrogen) atoms. The number of aliphatic hydroxyl groups excluding tert-OH is 1. The highest BCUT2D eigenvalue weighted by atomic mass is 16.4. The molecule has 8 nitrogen and oxygen atoms in total. The number of rotatable bonds is 3. The van der Waals surface area contributed by atoms with Gasteiger partial charge in [-0.05, 0) is 12.1 Å². The number of amides is 3. The minimum absolute atomic E-state index is 0.222. The van der Waals surface area contributed by atoms with Crippen LogP contribution in [0.15, 0.2) is 24.3 Å². The third kappa shape index (κ3) is 2.69. The van der Waals surface area contributed by atoms with Crippen LogP contribution >= 0.6 is 0 Å². The number of carboxylic acid groups (broad SMARTS) is 1. The number of nitrogens with one attached hydrogen (secondary N) is 2. The van der Waals surface area contributed by atoms with Crippen molar-refractivity contribution in [1.29, 1.82) is 0 Å². The van der Waals surface area contributed by atoms with Crippen LogP contribution < -0.4 is 15.5 Å². The number of aliphatic carboxylic acids is 1. The molecule has 0 bridgehead atoms. The molecule has 0 saturated heterocycles. The topological polar surface area (TPSA) is 119 Å². The normalized spacial score (nSPS) is 15.1. The van der Waals surface area contributed by atoms with Gasteiger partial charge in [0.2, 0.25) is 5.91 Å². The average Bonchev–Trinajstić information content (AvgIpc) is 2.43. The van der Waals surface area contributed by atoms with Crippen molar-refractivity contribution < 1.29 is 24.6 Å². The number of hydrogen-bond acceptors (Lipinski definition) is 4. The van der Waals surface area contributed by atoms with Gasteiger partial charge in [0.15, 0.2) is 6.04 Å². The largest absolute Gasteiger partial charge is 0.480 e. The minimum Gasteiger partial charge on any atom is -0.480 e. The summed E-state index contributed by atoms with van der Waals surface area (Å²) >= 11 is 0. The summed E-state index contributed by atoms with van der Waals surface area (Å²) in [6.45, 7) is -0.955. The number of para-hydroxylation sites is 2. The fourth-order valence-corrected chi connectivity index (χ4v) is 1.83. The number of urea groups is 1. The van der Waals surface area contributed by atoms with E-state index < -0.39 is 24.6 Å². The van der Waals surface area contributed by atoms with Gasteiger partial charge in [-0.1, -0.05) is 12.1 Å². The number of carbonyl (C=O) groups is 3. The van der Waals surface area contributed by atoms with Crippen molar-refractivity contribution in [2.75, 3.05) is 23.4 Å². The SMILES string of the molecule is O=C1CN(C(=O)NC(CO)C(=O)O)c2ccccc2N1. The van der Waals surface area contributed by atoms with Crippen molar-refractivity contribution in [3.05, 3.63) is 24.3 Å². The van der Waals surface area contributed by atoms with Crippen molar-refractivity contribution in [3.63, 3.8) is 0 Å². The van der Waals surface area contributed by atoms with Crippen molar-refractivity contribution in [1.82, 2.24) is 5.32 Å². The van der Waals surface area contributed by atoms with Crippen molar-refractivity contribution >= 4 is 29.3 Å². The lowest BCUT2D eigenvalue weighted by molar-refractivity contribution is -0.140. The summed E-state index contributed by atoms with van der Waals surface area (Å²) in [7, 11) is 0. The van der Waals surface area contributed by atoms with Gasteiger partial charge in [-0.25, -0.2) is 9.59 Å². The Morgan fingerprint density at radius 2 is 2.10 bits per heavy atom. The van der Waals surface area contributed by atoms with Crippen molar-refractivity contribution in [2.45, 2.75) is 6.04 Å². The number of carboxylic acids is 1. The van der Waals surface area contributed by atoms with Crippen LogP contribution in [0, 0.1) is 0 Å². The fraction of sp³-hybridized carbons (Fsp3) is 0.250. The molecule has 8 heteroatoms. The van der Waals surface area contributed by atoms with Gasteiger partial charge < -0.3 is 20.8 Å². The third-order valence-corrected chi connectivity index (χ3v) is 2.79.